The first-order valence-corrected chi connectivity index (χ1v) is 9.52. The van der Waals surface area contributed by atoms with Crippen molar-refractivity contribution in [1.82, 2.24) is 5.32 Å². The van der Waals surface area contributed by atoms with Crippen molar-refractivity contribution in [2.75, 3.05) is 0 Å². The third-order valence-electron chi connectivity index (χ3n) is 4.61. The molecule has 0 bridgehead atoms. The second-order valence-corrected chi connectivity index (χ2v) is 8.68. The number of aryl methyl sites for hydroxylation is 1. The molecule has 2 aromatic rings. The highest BCUT2D eigenvalue weighted by Crippen LogP contribution is 2.47. The maximum absolute atomic E-state index is 12.9. The highest BCUT2D eigenvalue weighted by molar-refractivity contribution is 7.94. The summed E-state index contributed by atoms with van der Waals surface area (Å²) in [5.74, 6) is -0.403. The molecule has 1 amide bonds. The molecule has 1 atom stereocenters. The van der Waals surface area contributed by atoms with Crippen molar-refractivity contribution < 1.29 is 13.2 Å². The summed E-state index contributed by atoms with van der Waals surface area (Å²) in [4.78, 5) is 12.9. The molecule has 0 spiro atoms. The fourth-order valence-corrected chi connectivity index (χ4v) is 4.72. The van der Waals surface area contributed by atoms with Crippen LogP contribution in [-0.2, 0) is 14.6 Å². The monoisotopic (exact) mass is 343 g/mol. The van der Waals surface area contributed by atoms with Gasteiger partial charge in [-0.15, -0.1) is 0 Å². The largest absolute Gasteiger partial charge is 0.348 e. The summed E-state index contributed by atoms with van der Waals surface area (Å²) >= 11 is 0. The summed E-state index contributed by atoms with van der Waals surface area (Å²) < 4.78 is 24.5. The van der Waals surface area contributed by atoms with Gasteiger partial charge in [-0.25, -0.2) is 8.42 Å². The van der Waals surface area contributed by atoms with Gasteiger partial charge in [0, 0.05) is 0 Å². The Kier molecular flexibility index (Phi) is 4.22. The zero-order chi connectivity index (χ0) is 17.4. The summed E-state index contributed by atoms with van der Waals surface area (Å²) in [6.07, 6.45) is 0.743. The highest BCUT2D eigenvalue weighted by atomic mass is 32.2. The molecule has 126 valence electrons. The second kappa shape index (κ2) is 6.06. The standard InChI is InChI=1S/C19H21NO3S/c1-14-8-10-17(11-9-14)24(22,23)19(12-13-19)18(21)20-15(2)16-6-4-3-5-7-16/h3-11,15H,12-13H2,1-2H3,(H,20,21). The molecule has 0 aliphatic heterocycles. The van der Waals surface area contributed by atoms with Crippen LogP contribution >= 0.6 is 0 Å². The summed E-state index contributed by atoms with van der Waals surface area (Å²) in [7, 11) is -3.68. The minimum absolute atomic E-state index is 0.216. The maximum Gasteiger partial charge on any atom is 0.242 e. The number of sulfone groups is 1. The summed E-state index contributed by atoms with van der Waals surface area (Å²) in [5, 5.41) is 2.87. The molecular weight excluding hydrogens is 322 g/mol. The van der Waals surface area contributed by atoms with Crippen LogP contribution in [0.3, 0.4) is 0 Å². The van der Waals surface area contributed by atoms with Crippen LogP contribution in [0, 0.1) is 6.92 Å². The molecule has 3 rings (SSSR count). The SMILES string of the molecule is Cc1ccc(S(=O)(=O)C2(C(=O)NC(C)c3ccccc3)CC2)cc1. The second-order valence-electron chi connectivity index (χ2n) is 6.42. The first-order chi connectivity index (χ1) is 11.4. The van der Waals surface area contributed by atoms with Gasteiger partial charge in [0.1, 0.15) is 0 Å². The smallest absolute Gasteiger partial charge is 0.242 e. The topological polar surface area (TPSA) is 63.2 Å². The Hall–Kier alpha value is -2.14. The van der Waals surface area contributed by atoms with Gasteiger partial charge in [0.05, 0.1) is 10.9 Å². The first kappa shape index (κ1) is 16.7. The van der Waals surface area contributed by atoms with Crippen molar-refractivity contribution >= 4 is 15.7 Å². The molecule has 1 aliphatic carbocycles. The first-order valence-electron chi connectivity index (χ1n) is 8.04. The van der Waals surface area contributed by atoms with E-state index in [2.05, 4.69) is 5.32 Å². The van der Waals surface area contributed by atoms with E-state index in [1.807, 2.05) is 44.2 Å². The Morgan fingerprint density at radius 2 is 1.62 bits per heavy atom. The Bertz CT molecular complexity index is 838. The van der Waals surface area contributed by atoms with Gasteiger partial charge < -0.3 is 5.32 Å². The highest BCUT2D eigenvalue weighted by Gasteiger charge is 2.61. The van der Waals surface area contributed by atoms with E-state index in [1.54, 1.807) is 24.3 Å². The fourth-order valence-electron chi connectivity index (χ4n) is 2.83. The molecule has 0 aromatic heterocycles. The Morgan fingerprint density at radius 3 is 2.17 bits per heavy atom. The normalized spacial score (nSPS) is 17.1. The molecule has 0 radical (unpaired) electrons. The van der Waals surface area contributed by atoms with E-state index in [0.717, 1.165) is 11.1 Å². The molecule has 2 aromatic carbocycles. The number of carbonyl (C=O) groups is 1. The predicted molar refractivity (Wildman–Crippen MR) is 93.3 cm³/mol. The molecule has 0 saturated heterocycles. The van der Waals surface area contributed by atoms with Crippen LogP contribution in [0.1, 0.15) is 36.9 Å². The van der Waals surface area contributed by atoms with Gasteiger partial charge in [-0.1, -0.05) is 48.0 Å². The van der Waals surface area contributed by atoms with Gasteiger partial charge in [-0.2, -0.15) is 0 Å². The van der Waals surface area contributed by atoms with Crippen LogP contribution in [0.2, 0.25) is 0 Å². The lowest BCUT2D eigenvalue weighted by Crippen LogP contribution is -2.43. The van der Waals surface area contributed by atoms with Crippen molar-refractivity contribution in [1.29, 1.82) is 0 Å². The molecule has 5 heteroatoms. The molecule has 1 aliphatic rings. The van der Waals surface area contributed by atoms with E-state index in [9.17, 15) is 13.2 Å². The van der Waals surface area contributed by atoms with Crippen molar-refractivity contribution in [3.63, 3.8) is 0 Å². The van der Waals surface area contributed by atoms with Crippen molar-refractivity contribution in [2.45, 2.75) is 42.4 Å². The molecule has 0 heterocycles. The van der Waals surface area contributed by atoms with Gasteiger partial charge in [0.25, 0.3) is 0 Å². The number of carbonyl (C=O) groups excluding carboxylic acids is 1. The molecule has 1 N–H and O–H groups in total. The van der Waals surface area contributed by atoms with Crippen LogP contribution in [0.4, 0.5) is 0 Å². The van der Waals surface area contributed by atoms with E-state index in [-0.39, 0.29) is 10.9 Å². The van der Waals surface area contributed by atoms with E-state index in [4.69, 9.17) is 0 Å². The minimum Gasteiger partial charge on any atom is -0.348 e. The predicted octanol–water partition coefficient (Wildman–Crippen LogP) is 3.18. The van der Waals surface area contributed by atoms with Gasteiger partial charge in [0.15, 0.2) is 14.6 Å². The lowest BCUT2D eigenvalue weighted by Gasteiger charge is -2.20. The summed E-state index contributed by atoms with van der Waals surface area (Å²) in [5.41, 5.74) is 1.94. The number of nitrogens with one attached hydrogen (secondary N) is 1. The maximum atomic E-state index is 12.9. The molecule has 1 saturated carbocycles. The lowest BCUT2D eigenvalue weighted by atomic mass is 10.1. The van der Waals surface area contributed by atoms with Crippen LogP contribution in [-0.4, -0.2) is 19.1 Å². The lowest BCUT2D eigenvalue weighted by molar-refractivity contribution is -0.122. The average molecular weight is 343 g/mol. The van der Waals surface area contributed by atoms with Crippen LogP contribution in [0.5, 0.6) is 0 Å². The van der Waals surface area contributed by atoms with Crippen LogP contribution < -0.4 is 5.32 Å². The summed E-state index contributed by atoms with van der Waals surface area (Å²) in [6, 6.07) is 16.0. The number of hydrogen-bond donors (Lipinski definition) is 1. The van der Waals surface area contributed by atoms with E-state index in [0.29, 0.717) is 12.8 Å². The average Bonchev–Trinajstić information content (AvgIpc) is 3.38. The number of rotatable bonds is 5. The third kappa shape index (κ3) is 2.84. The third-order valence-corrected chi connectivity index (χ3v) is 7.13. The van der Waals surface area contributed by atoms with Gasteiger partial charge in [0.2, 0.25) is 5.91 Å². The Balaban J connectivity index is 1.82. The molecule has 4 nitrogen and oxygen atoms in total. The van der Waals surface area contributed by atoms with Crippen LogP contribution in [0.25, 0.3) is 0 Å². The molecule has 1 fully saturated rings. The molecule has 24 heavy (non-hydrogen) atoms. The number of amides is 1. The van der Waals surface area contributed by atoms with E-state index < -0.39 is 20.5 Å². The zero-order valence-corrected chi connectivity index (χ0v) is 14.6. The van der Waals surface area contributed by atoms with Crippen LogP contribution in [0.15, 0.2) is 59.5 Å². The molecular formula is C19H21NO3S. The fraction of sp³-hybridized carbons (Fsp3) is 0.316. The summed E-state index contributed by atoms with van der Waals surface area (Å²) in [6.45, 7) is 3.76. The zero-order valence-electron chi connectivity index (χ0n) is 13.8. The quantitative estimate of drug-likeness (QED) is 0.907. The van der Waals surface area contributed by atoms with E-state index in [1.165, 1.54) is 0 Å². The van der Waals surface area contributed by atoms with Gasteiger partial charge in [-0.3, -0.25) is 4.79 Å². The Labute approximate surface area is 142 Å². The van der Waals surface area contributed by atoms with Crippen molar-refractivity contribution in [3.8, 4) is 0 Å². The minimum atomic E-state index is -3.68. The number of hydrogen-bond acceptors (Lipinski definition) is 3. The van der Waals surface area contributed by atoms with Crippen molar-refractivity contribution in [2.24, 2.45) is 0 Å². The molecule has 1 unspecified atom stereocenters. The van der Waals surface area contributed by atoms with Gasteiger partial charge >= 0.3 is 0 Å². The van der Waals surface area contributed by atoms with E-state index >= 15 is 0 Å². The number of benzene rings is 2. The van der Waals surface area contributed by atoms with Gasteiger partial charge in [-0.05, 0) is 44.4 Å². The Morgan fingerprint density at radius 1 is 1.04 bits per heavy atom. The van der Waals surface area contributed by atoms with Crippen molar-refractivity contribution in [3.05, 3.63) is 65.7 Å².